The number of rotatable bonds is 8. The summed E-state index contributed by atoms with van der Waals surface area (Å²) in [7, 11) is 1.38. The summed E-state index contributed by atoms with van der Waals surface area (Å²) < 4.78 is 15.7. The fraction of sp³-hybridized carbons (Fsp3) is 0.182. The maximum Gasteiger partial charge on any atom is 0.270 e. The minimum atomic E-state index is -1.38. The van der Waals surface area contributed by atoms with E-state index in [-0.39, 0.29) is 22.2 Å². The van der Waals surface area contributed by atoms with E-state index in [1.54, 1.807) is 30.3 Å². The second-order valence-corrected chi connectivity index (χ2v) is 6.84. The number of benzene rings is 2. The van der Waals surface area contributed by atoms with Gasteiger partial charge in [-0.15, -0.1) is 0 Å². The van der Waals surface area contributed by atoms with E-state index >= 15 is 0 Å². The number of hydrogen-bond acceptors (Lipinski definition) is 8. The van der Waals surface area contributed by atoms with Gasteiger partial charge in [0.25, 0.3) is 11.8 Å². The topological polar surface area (TPSA) is 117 Å². The van der Waals surface area contributed by atoms with Gasteiger partial charge in [-0.3, -0.25) is 19.8 Å². The number of amides is 2. The highest BCUT2D eigenvalue weighted by Gasteiger charge is 2.34. The van der Waals surface area contributed by atoms with Crippen LogP contribution in [0.1, 0.15) is 12.5 Å². The molecule has 0 spiro atoms. The van der Waals surface area contributed by atoms with E-state index in [1.807, 2.05) is 6.92 Å². The molecule has 2 amide bonds. The van der Waals surface area contributed by atoms with Gasteiger partial charge in [-0.25, -0.2) is 0 Å². The molecule has 2 aromatic rings. The molecule has 0 radical (unpaired) electrons. The van der Waals surface area contributed by atoms with Gasteiger partial charge >= 0.3 is 0 Å². The average Bonchev–Trinajstić information content (AvgIpc) is 2.76. The van der Waals surface area contributed by atoms with Crippen LogP contribution in [0.25, 0.3) is 6.08 Å². The first-order valence-electron chi connectivity index (χ1n) is 9.49. The van der Waals surface area contributed by atoms with E-state index in [4.69, 9.17) is 26.4 Å². The van der Waals surface area contributed by atoms with Crippen LogP contribution in [0.4, 0.5) is 5.69 Å². The predicted molar refractivity (Wildman–Crippen MR) is 117 cm³/mol. The smallest absolute Gasteiger partial charge is 0.270 e. The van der Waals surface area contributed by atoms with E-state index in [0.29, 0.717) is 23.6 Å². The lowest BCUT2D eigenvalue weighted by atomic mass is 10.1. The predicted octanol–water partition coefficient (Wildman–Crippen LogP) is 1.05. The Bertz CT molecular complexity index is 1100. The second-order valence-electron chi connectivity index (χ2n) is 6.46. The second kappa shape index (κ2) is 9.92. The van der Waals surface area contributed by atoms with Gasteiger partial charge in [0.05, 0.1) is 25.4 Å². The number of anilines is 1. The van der Waals surface area contributed by atoms with Crippen LogP contribution >= 0.6 is 12.2 Å². The van der Waals surface area contributed by atoms with Crippen molar-refractivity contribution in [3.8, 4) is 17.2 Å². The molecule has 1 N–H and O–H groups in total. The zero-order chi connectivity index (χ0) is 23.3. The van der Waals surface area contributed by atoms with Gasteiger partial charge < -0.3 is 24.1 Å². The van der Waals surface area contributed by atoms with Crippen molar-refractivity contribution >= 4 is 46.9 Å². The molecule has 1 heterocycles. The fourth-order valence-corrected chi connectivity index (χ4v) is 3.23. The molecule has 0 aliphatic carbocycles. The SMILES string of the molecule is CCOc1ccc(N2C(=O)/C(=C/c3ccc(OCC(=O)[O-])c(OC)c3)C(=O)NC2=S)cc1. The number of nitrogens with one attached hydrogen (secondary N) is 1. The van der Waals surface area contributed by atoms with Crippen molar-refractivity contribution in [2.75, 3.05) is 25.2 Å². The molecule has 2 aromatic carbocycles. The Morgan fingerprint density at radius 3 is 2.47 bits per heavy atom. The highest BCUT2D eigenvalue weighted by Crippen LogP contribution is 2.30. The number of carboxylic acid groups (broad SMARTS) is 1. The number of nitrogens with zero attached hydrogens (tertiary/aromatic N) is 1. The van der Waals surface area contributed by atoms with E-state index in [9.17, 15) is 19.5 Å². The lowest BCUT2D eigenvalue weighted by Crippen LogP contribution is -2.54. The summed E-state index contributed by atoms with van der Waals surface area (Å²) in [6.07, 6.45) is 1.38. The van der Waals surface area contributed by atoms with Crippen molar-refractivity contribution in [3.05, 3.63) is 53.6 Å². The van der Waals surface area contributed by atoms with Crippen molar-refractivity contribution in [1.29, 1.82) is 0 Å². The monoisotopic (exact) mass is 455 g/mol. The average molecular weight is 455 g/mol. The summed E-state index contributed by atoms with van der Waals surface area (Å²) in [5.74, 6) is -1.58. The Labute approximate surface area is 189 Å². The van der Waals surface area contributed by atoms with E-state index in [0.717, 1.165) is 0 Å². The quantitative estimate of drug-likeness (QED) is 0.357. The maximum atomic E-state index is 13.1. The summed E-state index contributed by atoms with van der Waals surface area (Å²) in [6, 6.07) is 11.2. The Morgan fingerprint density at radius 1 is 1.12 bits per heavy atom. The summed E-state index contributed by atoms with van der Waals surface area (Å²) >= 11 is 5.20. The highest BCUT2D eigenvalue weighted by atomic mass is 32.1. The first-order valence-corrected chi connectivity index (χ1v) is 9.90. The van der Waals surface area contributed by atoms with Gasteiger partial charge in [0.2, 0.25) is 0 Å². The maximum absolute atomic E-state index is 13.1. The molecular formula is C22H19N2O7S-. The van der Waals surface area contributed by atoms with Crippen LogP contribution in [0.3, 0.4) is 0 Å². The molecule has 1 fully saturated rings. The molecule has 1 aliphatic heterocycles. The third-order valence-electron chi connectivity index (χ3n) is 4.35. The minimum absolute atomic E-state index is 0.0371. The largest absolute Gasteiger partial charge is 0.546 e. The standard InChI is InChI=1S/C22H20N2O7S/c1-3-30-15-7-5-14(6-8-15)24-21(28)16(20(27)23-22(24)32)10-13-4-9-17(18(11-13)29-2)31-12-19(25)26/h4-11H,3,12H2,1-2H3,(H,25,26)(H,23,27,32)/p-1/b16-10+. The number of carboxylic acids is 1. The molecule has 0 saturated carbocycles. The lowest BCUT2D eigenvalue weighted by Gasteiger charge is -2.29. The Morgan fingerprint density at radius 2 is 1.84 bits per heavy atom. The first-order chi connectivity index (χ1) is 15.3. The van der Waals surface area contributed by atoms with Crippen LogP contribution in [-0.2, 0) is 14.4 Å². The van der Waals surface area contributed by atoms with Crippen LogP contribution in [0, 0.1) is 0 Å². The van der Waals surface area contributed by atoms with Crippen LogP contribution < -0.4 is 29.5 Å². The zero-order valence-corrected chi connectivity index (χ0v) is 18.1. The van der Waals surface area contributed by atoms with E-state index < -0.39 is 24.4 Å². The molecule has 0 atom stereocenters. The summed E-state index contributed by atoms with van der Waals surface area (Å²) in [4.78, 5) is 37.4. The summed E-state index contributed by atoms with van der Waals surface area (Å²) in [5, 5.41) is 13.1. The number of aliphatic carboxylic acids is 1. The van der Waals surface area contributed by atoms with Crippen molar-refractivity contribution in [3.63, 3.8) is 0 Å². The third-order valence-corrected chi connectivity index (χ3v) is 4.64. The molecule has 0 aromatic heterocycles. The number of ether oxygens (including phenoxy) is 3. The van der Waals surface area contributed by atoms with Crippen LogP contribution in [0.2, 0.25) is 0 Å². The molecule has 3 rings (SSSR count). The number of carbonyl (C=O) groups excluding carboxylic acids is 3. The van der Waals surface area contributed by atoms with Gasteiger partial charge in [-0.05, 0) is 67.2 Å². The van der Waals surface area contributed by atoms with Crippen molar-refractivity contribution in [2.24, 2.45) is 0 Å². The molecule has 1 saturated heterocycles. The van der Waals surface area contributed by atoms with Gasteiger partial charge in [0.15, 0.2) is 16.6 Å². The lowest BCUT2D eigenvalue weighted by molar-refractivity contribution is -0.307. The third kappa shape index (κ3) is 5.03. The molecule has 0 unspecified atom stereocenters. The van der Waals surface area contributed by atoms with Crippen molar-refractivity contribution in [1.82, 2.24) is 5.32 Å². The highest BCUT2D eigenvalue weighted by molar-refractivity contribution is 7.80. The molecule has 9 nitrogen and oxygen atoms in total. The van der Waals surface area contributed by atoms with Gasteiger partial charge in [0.1, 0.15) is 17.9 Å². The van der Waals surface area contributed by atoms with Crippen LogP contribution in [0.15, 0.2) is 48.0 Å². The van der Waals surface area contributed by atoms with Gasteiger partial charge in [-0.1, -0.05) is 6.07 Å². The molecule has 166 valence electrons. The number of hydrogen-bond donors (Lipinski definition) is 1. The fourth-order valence-electron chi connectivity index (χ4n) is 2.95. The Balaban J connectivity index is 1.90. The normalized spacial score (nSPS) is 14.9. The molecule has 0 bridgehead atoms. The molecule has 10 heteroatoms. The molecule has 32 heavy (non-hydrogen) atoms. The van der Waals surface area contributed by atoms with Gasteiger partial charge in [-0.2, -0.15) is 0 Å². The summed E-state index contributed by atoms with van der Waals surface area (Å²) in [6.45, 7) is 1.72. The number of methoxy groups -OCH3 is 1. The van der Waals surface area contributed by atoms with Crippen LogP contribution in [0.5, 0.6) is 17.2 Å². The van der Waals surface area contributed by atoms with E-state index in [2.05, 4.69) is 5.32 Å². The van der Waals surface area contributed by atoms with Gasteiger partial charge in [0, 0.05) is 0 Å². The molecule has 1 aliphatic rings. The van der Waals surface area contributed by atoms with Crippen molar-refractivity contribution in [2.45, 2.75) is 6.92 Å². The van der Waals surface area contributed by atoms with E-state index in [1.165, 1.54) is 30.2 Å². The van der Waals surface area contributed by atoms with Crippen LogP contribution in [-0.4, -0.2) is 43.2 Å². The summed E-state index contributed by atoms with van der Waals surface area (Å²) in [5.41, 5.74) is 0.788. The Kier molecular flexibility index (Phi) is 7.06. The Hall–Kier alpha value is -3.92. The number of carbonyl (C=O) groups is 3. The minimum Gasteiger partial charge on any atom is -0.546 e. The van der Waals surface area contributed by atoms with Crippen molar-refractivity contribution < 1.29 is 33.7 Å². The zero-order valence-electron chi connectivity index (χ0n) is 17.2. The number of thiocarbonyl (C=S) groups is 1. The first kappa shape index (κ1) is 22.8. The molecular weight excluding hydrogens is 436 g/mol.